The standard InChI is InChI=1S/C14H21BrN2O3S/c1-11-8-17(9-12(2)20-11)21(18,19)16(3)10-13-6-4-5-7-14(13)15/h4-7,11-12H,8-10H2,1-3H3. The van der Waals surface area contributed by atoms with E-state index in [4.69, 9.17) is 4.74 Å². The summed E-state index contributed by atoms with van der Waals surface area (Å²) in [6.45, 7) is 4.92. The molecule has 0 bridgehead atoms. The normalized spacial score (nSPS) is 24.4. The average Bonchev–Trinajstić information content (AvgIpc) is 2.40. The molecule has 1 aromatic carbocycles. The van der Waals surface area contributed by atoms with Crippen molar-refractivity contribution in [3.05, 3.63) is 34.3 Å². The molecule has 1 aliphatic heterocycles. The molecular formula is C14H21BrN2O3S. The molecule has 0 aromatic heterocycles. The first-order valence-corrected chi connectivity index (χ1v) is 9.10. The molecule has 2 unspecified atom stereocenters. The van der Waals surface area contributed by atoms with Crippen molar-refractivity contribution in [1.82, 2.24) is 8.61 Å². The Labute approximate surface area is 135 Å². The summed E-state index contributed by atoms with van der Waals surface area (Å²) in [6, 6.07) is 7.64. The van der Waals surface area contributed by atoms with Gasteiger partial charge in [0.2, 0.25) is 0 Å². The fourth-order valence-electron chi connectivity index (χ4n) is 2.46. The van der Waals surface area contributed by atoms with Crippen LogP contribution in [0, 0.1) is 0 Å². The maximum atomic E-state index is 12.7. The second kappa shape index (κ2) is 6.75. The lowest BCUT2D eigenvalue weighted by Crippen LogP contribution is -2.52. The summed E-state index contributed by atoms with van der Waals surface area (Å²) in [5.74, 6) is 0. The highest BCUT2D eigenvalue weighted by Crippen LogP contribution is 2.21. The number of ether oxygens (including phenoxy) is 1. The molecule has 0 spiro atoms. The van der Waals surface area contributed by atoms with Crippen LogP contribution in [-0.2, 0) is 21.5 Å². The molecule has 2 rings (SSSR count). The Balaban J connectivity index is 2.13. The molecule has 5 nitrogen and oxygen atoms in total. The number of nitrogens with zero attached hydrogens (tertiary/aromatic N) is 2. The van der Waals surface area contributed by atoms with E-state index >= 15 is 0 Å². The van der Waals surface area contributed by atoms with Crippen LogP contribution < -0.4 is 0 Å². The minimum Gasteiger partial charge on any atom is -0.373 e. The van der Waals surface area contributed by atoms with Gasteiger partial charge in [-0.05, 0) is 25.5 Å². The molecule has 118 valence electrons. The van der Waals surface area contributed by atoms with Gasteiger partial charge in [-0.15, -0.1) is 0 Å². The van der Waals surface area contributed by atoms with E-state index in [-0.39, 0.29) is 12.2 Å². The van der Waals surface area contributed by atoms with Gasteiger partial charge >= 0.3 is 0 Å². The van der Waals surface area contributed by atoms with E-state index in [1.165, 1.54) is 8.61 Å². The van der Waals surface area contributed by atoms with Gasteiger partial charge in [-0.3, -0.25) is 0 Å². The van der Waals surface area contributed by atoms with Crippen LogP contribution in [0.15, 0.2) is 28.7 Å². The van der Waals surface area contributed by atoms with Gasteiger partial charge in [-0.1, -0.05) is 34.1 Å². The van der Waals surface area contributed by atoms with Crippen molar-refractivity contribution >= 4 is 26.1 Å². The minimum atomic E-state index is -3.48. The lowest BCUT2D eigenvalue weighted by atomic mass is 10.2. The molecule has 0 aliphatic carbocycles. The number of halogens is 1. The van der Waals surface area contributed by atoms with Crippen LogP contribution in [-0.4, -0.2) is 49.4 Å². The zero-order valence-electron chi connectivity index (χ0n) is 12.5. The largest absolute Gasteiger partial charge is 0.373 e. The summed E-state index contributed by atoms with van der Waals surface area (Å²) in [6.07, 6.45) is -0.166. The van der Waals surface area contributed by atoms with Crippen molar-refractivity contribution in [2.24, 2.45) is 0 Å². The van der Waals surface area contributed by atoms with Gasteiger partial charge in [0.1, 0.15) is 0 Å². The van der Waals surface area contributed by atoms with Gasteiger partial charge in [0.05, 0.1) is 12.2 Å². The number of hydrogen-bond donors (Lipinski definition) is 0. The third kappa shape index (κ3) is 4.04. The summed E-state index contributed by atoms with van der Waals surface area (Å²) >= 11 is 3.45. The maximum Gasteiger partial charge on any atom is 0.282 e. The smallest absolute Gasteiger partial charge is 0.282 e. The second-order valence-corrected chi connectivity index (χ2v) is 8.32. The van der Waals surface area contributed by atoms with Gasteiger partial charge in [0.15, 0.2) is 0 Å². The highest BCUT2D eigenvalue weighted by atomic mass is 79.9. The summed E-state index contributed by atoms with van der Waals surface area (Å²) in [4.78, 5) is 0. The van der Waals surface area contributed by atoms with Crippen LogP contribution in [0.25, 0.3) is 0 Å². The summed E-state index contributed by atoms with van der Waals surface area (Å²) in [5.41, 5.74) is 0.943. The summed E-state index contributed by atoms with van der Waals surface area (Å²) in [5, 5.41) is 0. The van der Waals surface area contributed by atoms with E-state index in [0.717, 1.165) is 10.0 Å². The Kier molecular flexibility index (Phi) is 5.43. The van der Waals surface area contributed by atoms with E-state index in [2.05, 4.69) is 15.9 Å². The van der Waals surface area contributed by atoms with Gasteiger partial charge in [0, 0.05) is 31.2 Å². The number of morpholine rings is 1. The quantitative estimate of drug-likeness (QED) is 0.809. The highest BCUT2D eigenvalue weighted by molar-refractivity contribution is 9.10. The second-order valence-electron chi connectivity index (χ2n) is 5.43. The molecule has 1 aliphatic rings. The van der Waals surface area contributed by atoms with Crippen molar-refractivity contribution < 1.29 is 13.2 Å². The van der Waals surface area contributed by atoms with Gasteiger partial charge < -0.3 is 4.74 Å². The Bertz CT molecular complexity index is 584. The van der Waals surface area contributed by atoms with Crippen LogP contribution in [0.1, 0.15) is 19.4 Å². The molecular weight excluding hydrogens is 356 g/mol. The summed E-state index contributed by atoms with van der Waals surface area (Å²) < 4.78 is 34.7. The zero-order chi connectivity index (χ0) is 15.6. The van der Waals surface area contributed by atoms with Gasteiger partial charge in [-0.2, -0.15) is 17.0 Å². The number of rotatable bonds is 4. The number of hydrogen-bond acceptors (Lipinski definition) is 3. The van der Waals surface area contributed by atoms with Crippen molar-refractivity contribution in [3.63, 3.8) is 0 Å². The third-order valence-electron chi connectivity index (χ3n) is 3.46. The van der Waals surface area contributed by atoms with Crippen molar-refractivity contribution in [2.45, 2.75) is 32.6 Å². The van der Waals surface area contributed by atoms with Crippen LogP contribution in [0.4, 0.5) is 0 Å². The molecule has 1 aromatic rings. The molecule has 1 fully saturated rings. The molecule has 1 saturated heterocycles. The topological polar surface area (TPSA) is 49.9 Å². The van der Waals surface area contributed by atoms with E-state index < -0.39 is 10.2 Å². The number of benzene rings is 1. The monoisotopic (exact) mass is 376 g/mol. The molecule has 0 saturated carbocycles. The SMILES string of the molecule is CC1CN(S(=O)(=O)N(C)Cc2ccccc2Br)CC(C)O1. The van der Waals surface area contributed by atoms with Crippen molar-refractivity contribution in [3.8, 4) is 0 Å². The highest BCUT2D eigenvalue weighted by Gasteiger charge is 2.33. The van der Waals surface area contributed by atoms with Crippen LogP contribution in [0.3, 0.4) is 0 Å². The van der Waals surface area contributed by atoms with Crippen molar-refractivity contribution in [2.75, 3.05) is 20.1 Å². The molecule has 7 heteroatoms. The molecule has 0 radical (unpaired) electrons. The van der Waals surface area contributed by atoms with E-state index in [1.807, 2.05) is 38.1 Å². The van der Waals surface area contributed by atoms with Crippen LogP contribution >= 0.6 is 15.9 Å². The predicted molar refractivity (Wildman–Crippen MR) is 86.1 cm³/mol. The average molecular weight is 377 g/mol. The first-order chi connectivity index (χ1) is 9.80. The predicted octanol–water partition coefficient (Wildman–Crippen LogP) is 2.23. The Hall–Kier alpha value is -0.470. The fraction of sp³-hybridized carbons (Fsp3) is 0.571. The van der Waals surface area contributed by atoms with Gasteiger partial charge in [0.25, 0.3) is 10.2 Å². The first-order valence-electron chi connectivity index (χ1n) is 6.91. The molecule has 0 N–H and O–H groups in total. The minimum absolute atomic E-state index is 0.0830. The lowest BCUT2D eigenvalue weighted by molar-refractivity contribution is -0.0453. The van der Waals surface area contributed by atoms with E-state index in [0.29, 0.717) is 19.6 Å². The van der Waals surface area contributed by atoms with E-state index in [9.17, 15) is 8.42 Å². The fourth-order valence-corrected chi connectivity index (χ4v) is 4.37. The Morgan fingerprint density at radius 1 is 1.29 bits per heavy atom. The van der Waals surface area contributed by atoms with Crippen LogP contribution in [0.5, 0.6) is 0 Å². The molecule has 0 amide bonds. The third-order valence-corrected chi connectivity index (χ3v) is 6.10. The van der Waals surface area contributed by atoms with Crippen molar-refractivity contribution in [1.29, 1.82) is 0 Å². The Morgan fingerprint density at radius 3 is 2.43 bits per heavy atom. The first kappa shape index (κ1) is 16.9. The van der Waals surface area contributed by atoms with E-state index in [1.54, 1.807) is 7.05 Å². The maximum absolute atomic E-state index is 12.7. The van der Waals surface area contributed by atoms with Crippen LogP contribution in [0.2, 0.25) is 0 Å². The molecule has 2 atom stereocenters. The lowest BCUT2D eigenvalue weighted by Gasteiger charge is -2.36. The molecule has 21 heavy (non-hydrogen) atoms. The van der Waals surface area contributed by atoms with Gasteiger partial charge in [-0.25, -0.2) is 0 Å². The molecule has 1 heterocycles. The zero-order valence-corrected chi connectivity index (χ0v) is 14.9. The summed E-state index contributed by atoms with van der Waals surface area (Å²) in [7, 11) is -1.87. The Morgan fingerprint density at radius 2 is 1.86 bits per heavy atom.